The van der Waals surface area contributed by atoms with Gasteiger partial charge in [0, 0.05) is 16.9 Å². The van der Waals surface area contributed by atoms with Gasteiger partial charge < -0.3 is 14.3 Å². The van der Waals surface area contributed by atoms with Crippen LogP contribution in [0.2, 0.25) is 5.02 Å². The van der Waals surface area contributed by atoms with Crippen LogP contribution in [0.15, 0.2) is 39.8 Å². The molecule has 4 saturated carbocycles. The van der Waals surface area contributed by atoms with Gasteiger partial charge in [-0.25, -0.2) is 0 Å². The first kappa shape index (κ1) is 39.2. The molecule has 0 spiro atoms. The van der Waals surface area contributed by atoms with E-state index in [0.717, 1.165) is 62.5 Å². The minimum Gasteiger partial charge on any atom is -0.481 e. The van der Waals surface area contributed by atoms with E-state index in [1.807, 2.05) is 24.3 Å². The Morgan fingerprint density at radius 2 is 1.61 bits per heavy atom. The van der Waals surface area contributed by atoms with Crippen molar-refractivity contribution in [1.29, 1.82) is 0 Å². The van der Waals surface area contributed by atoms with E-state index in [1.165, 1.54) is 5.57 Å². The number of allylic oxidation sites excluding steroid dienone is 2. The molecule has 1 N–H and O–H groups in total. The highest BCUT2D eigenvalue weighted by atomic mass is 35.5. The lowest BCUT2D eigenvalue weighted by molar-refractivity contribution is -0.232. The Hall–Kier alpha value is -3.00. The number of carbonyl (C=O) groups excluding carboxylic acids is 2. The Kier molecular flexibility index (Phi) is 9.47. The monoisotopic (exact) mass is 760 g/mol. The second-order valence-electron chi connectivity index (χ2n) is 20.2. The van der Waals surface area contributed by atoms with E-state index in [-0.39, 0.29) is 57.7 Å². The summed E-state index contributed by atoms with van der Waals surface area (Å²) in [4.78, 5) is 39.1. The van der Waals surface area contributed by atoms with Gasteiger partial charge in [0.05, 0.1) is 23.2 Å². The molecule has 0 amide bonds. The number of fused-ring (bicyclic) bond motifs is 7. The van der Waals surface area contributed by atoms with Crippen molar-refractivity contribution in [3.63, 3.8) is 0 Å². The number of Topliss-reactive ketones (excluding diaryl/α,β-unsaturated/α-hetero) is 1. The van der Waals surface area contributed by atoms with Crippen LogP contribution in [0, 0.1) is 50.7 Å². The van der Waals surface area contributed by atoms with Gasteiger partial charge in [0.15, 0.2) is 5.78 Å². The third kappa shape index (κ3) is 5.68. The number of ether oxygens (including phenoxy) is 1. The summed E-state index contributed by atoms with van der Waals surface area (Å²) in [6.07, 6.45) is 7.79. The van der Waals surface area contributed by atoms with Crippen molar-refractivity contribution in [2.24, 2.45) is 50.7 Å². The van der Waals surface area contributed by atoms with E-state index in [1.54, 1.807) is 13.8 Å². The Bertz CT molecular complexity index is 1880. The highest BCUT2D eigenvalue weighted by molar-refractivity contribution is 6.30. The van der Waals surface area contributed by atoms with E-state index >= 15 is 0 Å². The maximum atomic E-state index is 14.2. The summed E-state index contributed by atoms with van der Waals surface area (Å²) in [5.74, 6) is 1.07. The fourth-order valence-corrected chi connectivity index (χ4v) is 13.3. The molecule has 5 aliphatic carbocycles. The molecule has 2 aromatic rings. The zero-order chi connectivity index (χ0) is 39.4. The first-order valence-corrected chi connectivity index (χ1v) is 20.8. The molecule has 0 unspecified atom stereocenters. The largest absolute Gasteiger partial charge is 0.481 e. The van der Waals surface area contributed by atoms with E-state index in [9.17, 15) is 19.5 Å². The third-order valence-corrected chi connectivity index (χ3v) is 16.7. The van der Waals surface area contributed by atoms with Crippen LogP contribution in [0.25, 0.3) is 0 Å². The predicted octanol–water partition coefficient (Wildman–Crippen LogP) is 10.5. The van der Waals surface area contributed by atoms with Gasteiger partial charge in [-0.1, -0.05) is 72.2 Å². The van der Waals surface area contributed by atoms with Crippen LogP contribution in [-0.4, -0.2) is 39.1 Å². The van der Waals surface area contributed by atoms with Crippen LogP contribution in [-0.2, 0) is 24.5 Å². The number of halogens is 1. The maximum absolute atomic E-state index is 14.2. The fourth-order valence-electron chi connectivity index (χ4n) is 13.2. The summed E-state index contributed by atoms with van der Waals surface area (Å²) < 4.78 is 12.9. The van der Waals surface area contributed by atoms with E-state index in [2.05, 4.69) is 60.5 Å². The molecule has 9 heteroatoms. The zero-order valence-corrected chi connectivity index (χ0v) is 34.9. The molecule has 0 saturated heterocycles. The molecule has 7 rings (SSSR count). The van der Waals surface area contributed by atoms with Crippen molar-refractivity contribution in [3.05, 3.63) is 57.8 Å². The summed E-state index contributed by atoms with van der Waals surface area (Å²) in [6.45, 7) is 21.7. The lowest BCUT2D eigenvalue weighted by atomic mass is 9.33. The number of esters is 1. The number of aliphatic carboxylic acids is 1. The molecule has 0 bridgehead atoms. The zero-order valence-electron chi connectivity index (χ0n) is 34.1. The summed E-state index contributed by atoms with van der Waals surface area (Å²) in [5.41, 5.74) is 1.42. The number of hydrogen-bond acceptors (Lipinski definition) is 7. The van der Waals surface area contributed by atoms with E-state index in [0.29, 0.717) is 35.1 Å². The summed E-state index contributed by atoms with van der Waals surface area (Å²) in [7, 11) is 0. The first-order valence-electron chi connectivity index (χ1n) is 20.4. The van der Waals surface area contributed by atoms with Crippen LogP contribution in [0.3, 0.4) is 0 Å². The molecular weight excluding hydrogens is 700 g/mol. The molecule has 54 heavy (non-hydrogen) atoms. The average Bonchev–Trinajstić information content (AvgIpc) is 3.70. The van der Waals surface area contributed by atoms with Crippen LogP contribution >= 0.6 is 11.6 Å². The SMILES string of the molecule is CC(C)C1=C2[C@H]3CC[C@@H]4[C@@]5(C)CC[C@H](OC(=O)CC(C)(C)C(=O)O)C(C)(C)[C@@H]5CC[C@@]4(C)[C@]3(C)CC[C@@]2(c2nnc([C@H](C)c3ccc(Cl)cc3)o2)CC1=O. The molecule has 5 aliphatic rings. The summed E-state index contributed by atoms with van der Waals surface area (Å²) >= 11 is 6.18. The van der Waals surface area contributed by atoms with Gasteiger partial charge in [-0.3, -0.25) is 14.4 Å². The van der Waals surface area contributed by atoms with Crippen LogP contribution in [0.4, 0.5) is 0 Å². The Morgan fingerprint density at radius 3 is 2.26 bits per heavy atom. The quantitative estimate of drug-likeness (QED) is 0.264. The topological polar surface area (TPSA) is 120 Å². The van der Waals surface area contributed by atoms with Gasteiger partial charge in [-0.05, 0) is 141 Å². The Morgan fingerprint density at radius 1 is 0.926 bits per heavy atom. The number of carboxylic acid groups (broad SMARTS) is 1. The molecule has 1 aromatic carbocycles. The van der Waals surface area contributed by atoms with E-state index in [4.69, 9.17) is 25.9 Å². The number of carbonyl (C=O) groups is 3. The third-order valence-electron chi connectivity index (χ3n) is 16.4. The van der Waals surface area contributed by atoms with Gasteiger partial charge >= 0.3 is 11.9 Å². The van der Waals surface area contributed by atoms with Gasteiger partial charge in [0.25, 0.3) is 0 Å². The molecule has 4 fully saturated rings. The smallest absolute Gasteiger partial charge is 0.309 e. The van der Waals surface area contributed by atoms with Crippen molar-refractivity contribution in [1.82, 2.24) is 10.2 Å². The van der Waals surface area contributed by atoms with Gasteiger partial charge in [0.1, 0.15) is 6.10 Å². The number of carboxylic acids is 1. The van der Waals surface area contributed by atoms with Crippen molar-refractivity contribution < 1.29 is 28.6 Å². The minimum atomic E-state index is -1.17. The van der Waals surface area contributed by atoms with Crippen molar-refractivity contribution in [2.45, 2.75) is 151 Å². The number of nitrogens with zero attached hydrogens (tertiary/aromatic N) is 2. The number of rotatable bonds is 8. The minimum absolute atomic E-state index is 0.0250. The highest BCUT2D eigenvalue weighted by Crippen LogP contribution is 2.76. The van der Waals surface area contributed by atoms with E-state index < -0.39 is 22.8 Å². The number of hydrogen-bond donors (Lipinski definition) is 1. The van der Waals surface area contributed by atoms with Gasteiger partial charge in [0.2, 0.25) is 11.8 Å². The lowest BCUT2D eigenvalue weighted by Gasteiger charge is -2.72. The van der Waals surface area contributed by atoms with Crippen LogP contribution in [0.5, 0.6) is 0 Å². The van der Waals surface area contributed by atoms with Crippen molar-refractivity contribution in [2.75, 3.05) is 0 Å². The molecule has 0 aliphatic heterocycles. The number of benzene rings is 1. The summed E-state index contributed by atoms with van der Waals surface area (Å²) in [6, 6.07) is 7.77. The van der Waals surface area contributed by atoms with Gasteiger partial charge in [-0.15, -0.1) is 10.2 Å². The molecular formula is C45H61ClN2O6. The second-order valence-corrected chi connectivity index (χ2v) is 20.6. The fraction of sp³-hybridized carbons (Fsp3) is 0.711. The van der Waals surface area contributed by atoms with Crippen LogP contribution in [0.1, 0.15) is 157 Å². The summed E-state index contributed by atoms with van der Waals surface area (Å²) in [5, 5.41) is 19.7. The molecule has 9 atom stereocenters. The molecule has 1 heterocycles. The maximum Gasteiger partial charge on any atom is 0.309 e. The first-order chi connectivity index (χ1) is 25.1. The highest BCUT2D eigenvalue weighted by Gasteiger charge is 2.71. The van der Waals surface area contributed by atoms with Crippen LogP contribution < -0.4 is 0 Å². The lowest BCUT2D eigenvalue weighted by Crippen LogP contribution is -2.66. The molecule has 8 nitrogen and oxygen atoms in total. The van der Waals surface area contributed by atoms with Crippen molar-refractivity contribution >= 4 is 29.3 Å². The number of aromatic nitrogens is 2. The average molecular weight is 761 g/mol. The van der Waals surface area contributed by atoms with Crippen molar-refractivity contribution in [3.8, 4) is 0 Å². The molecule has 294 valence electrons. The Labute approximate surface area is 326 Å². The standard InChI is InChI=1S/C45H61ClN2O6/c1-25(2)35-30(49)23-45(38-48-47-37(54-38)26(3)27-11-13-28(46)14-12-27)22-21-43(9)29(36(35)45)15-16-32-42(8)19-18-33(53-34(50)24-40(4,5)39(51)52)41(6,7)31(42)17-20-44(32,43)10/h11-14,25-26,29,31-33H,15-24H2,1-10H3,(H,51,52)/t26-,29-,31+,32-,33+,42+,43-,44-,45-/m1/s1. The number of ketones is 1. The Balaban J connectivity index is 1.20. The van der Waals surface area contributed by atoms with Gasteiger partial charge in [-0.2, -0.15) is 0 Å². The molecule has 0 radical (unpaired) electrons. The predicted molar refractivity (Wildman–Crippen MR) is 208 cm³/mol. The second kappa shape index (κ2) is 13.0. The normalized spacial score (nSPS) is 36.6. The molecule has 1 aromatic heterocycles.